The Labute approximate surface area is 218 Å². The third-order valence-corrected chi connectivity index (χ3v) is 7.66. The monoisotopic (exact) mass is 476 g/mol. The number of allylic oxidation sites excluding steroid dienone is 4. The molecule has 0 heterocycles. The summed E-state index contributed by atoms with van der Waals surface area (Å²) in [7, 11) is 2.00. The Hall–Kier alpha value is -3.36. The molecule has 2 nitrogen and oxygen atoms in total. The molecule has 4 rings (SSSR count). The summed E-state index contributed by atoms with van der Waals surface area (Å²) in [5.74, 6) is 0. The number of hydrogen-bond donors (Lipinski definition) is 1. The maximum absolute atomic E-state index is 4.63. The molecule has 36 heavy (non-hydrogen) atoms. The minimum atomic E-state index is 0.797. The zero-order valence-corrected chi connectivity index (χ0v) is 22.7. The van der Waals surface area contributed by atoms with Gasteiger partial charge >= 0.3 is 0 Å². The number of rotatable bonds is 9. The summed E-state index contributed by atoms with van der Waals surface area (Å²) >= 11 is 0. The highest BCUT2D eigenvalue weighted by Gasteiger charge is 2.24. The maximum Gasteiger partial charge on any atom is 0.0366 e. The highest BCUT2D eigenvalue weighted by molar-refractivity contribution is 5.96. The molecule has 0 amide bonds. The van der Waals surface area contributed by atoms with Gasteiger partial charge in [-0.25, -0.2) is 0 Å². The average molecular weight is 477 g/mol. The van der Waals surface area contributed by atoms with Gasteiger partial charge in [-0.05, 0) is 121 Å². The van der Waals surface area contributed by atoms with Gasteiger partial charge in [-0.1, -0.05) is 61.7 Å². The quantitative estimate of drug-likeness (QED) is 0.339. The largest absolute Gasteiger partial charge is 0.371 e. The zero-order valence-electron chi connectivity index (χ0n) is 22.7. The fourth-order valence-corrected chi connectivity index (χ4v) is 5.30. The van der Waals surface area contributed by atoms with Gasteiger partial charge in [-0.3, -0.25) is 0 Å². The van der Waals surface area contributed by atoms with Crippen molar-refractivity contribution in [2.75, 3.05) is 31.6 Å². The van der Waals surface area contributed by atoms with E-state index in [1.54, 1.807) is 0 Å². The van der Waals surface area contributed by atoms with E-state index in [1.165, 1.54) is 55.8 Å². The number of hydrogen-bond acceptors (Lipinski definition) is 2. The lowest BCUT2D eigenvalue weighted by Gasteiger charge is -2.28. The van der Waals surface area contributed by atoms with Gasteiger partial charge in [0.2, 0.25) is 0 Å². The molecule has 0 aliphatic heterocycles. The van der Waals surface area contributed by atoms with E-state index < -0.39 is 0 Å². The summed E-state index contributed by atoms with van der Waals surface area (Å²) in [5, 5.41) is 3.25. The standard InChI is InChI=1S/C34H40N2/c1-8-36(19-18-35-7)31-16-14-28(15-17-31)26(5)21-32-27(6)34-24(3)10-9-11-30(34)22-33(32)29-13-12-23(2)25(4)20-29/h9-17,20,35H,5-6,8,18-19,21-22H2,1-4,7H3. The number of anilines is 1. The lowest BCUT2D eigenvalue weighted by molar-refractivity contribution is 0.737. The van der Waals surface area contributed by atoms with Crippen molar-refractivity contribution in [3.8, 4) is 0 Å². The van der Waals surface area contributed by atoms with Crippen molar-refractivity contribution in [2.45, 2.75) is 40.5 Å². The molecule has 2 heteroatoms. The number of aryl methyl sites for hydroxylation is 3. The van der Waals surface area contributed by atoms with Gasteiger partial charge in [-0.2, -0.15) is 0 Å². The summed E-state index contributed by atoms with van der Waals surface area (Å²) in [5.41, 5.74) is 15.3. The van der Waals surface area contributed by atoms with Crippen molar-refractivity contribution in [3.05, 3.63) is 118 Å². The first-order valence-corrected chi connectivity index (χ1v) is 13.1. The van der Waals surface area contributed by atoms with E-state index in [9.17, 15) is 0 Å². The van der Waals surface area contributed by atoms with Crippen LogP contribution in [0.3, 0.4) is 0 Å². The normalized spacial score (nSPS) is 13.1. The van der Waals surface area contributed by atoms with Crippen molar-refractivity contribution in [1.82, 2.24) is 5.32 Å². The highest BCUT2D eigenvalue weighted by atomic mass is 15.1. The zero-order chi connectivity index (χ0) is 25.8. The van der Waals surface area contributed by atoms with E-state index in [0.29, 0.717) is 0 Å². The van der Waals surface area contributed by atoms with E-state index >= 15 is 0 Å². The molecule has 1 aliphatic carbocycles. The maximum atomic E-state index is 4.63. The Morgan fingerprint density at radius 1 is 0.944 bits per heavy atom. The van der Waals surface area contributed by atoms with E-state index in [0.717, 1.165) is 43.6 Å². The molecule has 1 aliphatic rings. The van der Waals surface area contributed by atoms with Crippen molar-refractivity contribution in [1.29, 1.82) is 0 Å². The molecule has 1 N–H and O–H groups in total. The second kappa shape index (κ2) is 11.1. The molecule has 0 bridgehead atoms. The Balaban J connectivity index is 1.69. The van der Waals surface area contributed by atoms with Crippen molar-refractivity contribution in [2.24, 2.45) is 0 Å². The Bertz CT molecular complexity index is 1310. The van der Waals surface area contributed by atoms with Crippen LogP contribution in [0, 0.1) is 20.8 Å². The molecule has 0 radical (unpaired) electrons. The molecular formula is C34H40N2. The van der Waals surface area contributed by atoms with Crippen LogP contribution < -0.4 is 10.2 Å². The summed E-state index contributed by atoms with van der Waals surface area (Å²) < 4.78 is 0. The number of nitrogens with zero attached hydrogens (tertiary/aromatic N) is 1. The van der Waals surface area contributed by atoms with E-state index in [4.69, 9.17) is 0 Å². The molecule has 3 aromatic rings. The number of benzene rings is 3. The lowest BCUT2D eigenvalue weighted by Crippen LogP contribution is -2.30. The first kappa shape index (κ1) is 25.7. The predicted octanol–water partition coefficient (Wildman–Crippen LogP) is 7.78. The second-order valence-electron chi connectivity index (χ2n) is 10.0. The van der Waals surface area contributed by atoms with Gasteiger partial charge in [0.15, 0.2) is 0 Å². The van der Waals surface area contributed by atoms with Gasteiger partial charge < -0.3 is 10.2 Å². The predicted molar refractivity (Wildman–Crippen MR) is 159 cm³/mol. The topological polar surface area (TPSA) is 15.3 Å². The molecule has 3 aromatic carbocycles. The fourth-order valence-electron chi connectivity index (χ4n) is 5.30. The van der Waals surface area contributed by atoms with Crippen LogP contribution in [0.25, 0.3) is 16.7 Å². The van der Waals surface area contributed by atoms with Gasteiger partial charge in [0, 0.05) is 25.3 Å². The number of likely N-dealkylation sites (N-methyl/N-ethyl adjacent to an activating group) is 2. The minimum absolute atomic E-state index is 0.797. The summed E-state index contributed by atoms with van der Waals surface area (Å²) in [6, 6.07) is 22.4. The average Bonchev–Trinajstić information content (AvgIpc) is 2.88. The van der Waals surface area contributed by atoms with Crippen LogP contribution in [0.1, 0.15) is 52.3 Å². The summed E-state index contributed by atoms with van der Waals surface area (Å²) in [6.07, 6.45) is 1.72. The third kappa shape index (κ3) is 5.24. The van der Waals surface area contributed by atoms with Crippen molar-refractivity contribution < 1.29 is 0 Å². The lowest BCUT2D eigenvalue weighted by atomic mass is 9.76. The molecule has 0 aromatic heterocycles. The molecule has 0 spiro atoms. The number of nitrogens with one attached hydrogen (secondary N) is 1. The molecular weight excluding hydrogens is 436 g/mol. The Kier molecular flexibility index (Phi) is 7.96. The molecule has 186 valence electrons. The van der Waals surface area contributed by atoms with Gasteiger partial charge in [0.25, 0.3) is 0 Å². The SMILES string of the molecule is C=C(CC1=C(c2ccc(C)c(C)c2)Cc2cccc(C)c2C1=C)c1ccc(N(CC)CCNC)cc1. The van der Waals surface area contributed by atoms with Crippen LogP contribution in [-0.2, 0) is 6.42 Å². The van der Waals surface area contributed by atoms with Gasteiger partial charge in [-0.15, -0.1) is 0 Å². The van der Waals surface area contributed by atoms with Crippen LogP contribution >= 0.6 is 0 Å². The smallest absolute Gasteiger partial charge is 0.0366 e. The Morgan fingerprint density at radius 3 is 2.36 bits per heavy atom. The molecule has 0 atom stereocenters. The highest BCUT2D eigenvalue weighted by Crippen LogP contribution is 2.43. The van der Waals surface area contributed by atoms with E-state index in [1.807, 2.05) is 7.05 Å². The second-order valence-corrected chi connectivity index (χ2v) is 10.0. The number of fused-ring (bicyclic) bond motifs is 1. The minimum Gasteiger partial charge on any atom is -0.371 e. The summed E-state index contributed by atoms with van der Waals surface area (Å²) in [6.45, 7) is 20.9. The first-order chi connectivity index (χ1) is 17.3. The van der Waals surface area contributed by atoms with E-state index in [2.05, 4.69) is 112 Å². The molecule has 0 saturated heterocycles. The van der Waals surface area contributed by atoms with Crippen molar-refractivity contribution in [3.63, 3.8) is 0 Å². The van der Waals surface area contributed by atoms with Gasteiger partial charge in [0.1, 0.15) is 0 Å². The van der Waals surface area contributed by atoms with Crippen LogP contribution in [-0.4, -0.2) is 26.7 Å². The van der Waals surface area contributed by atoms with Crippen molar-refractivity contribution >= 4 is 22.4 Å². The summed E-state index contributed by atoms with van der Waals surface area (Å²) in [4.78, 5) is 2.39. The molecule has 0 fully saturated rings. The third-order valence-electron chi connectivity index (χ3n) is 7.66. The van der Waals surface area contributed by atoms with E-state index in [-0.39, 0.29) is 0 Å². The fraction of sp³-hybridized carbons (Fsp3) is 0.294. The van der Waals surface area contributed by atoms with Crippen LogP contribution in [0.15, 0.2) is 79.4 Å². The molecule has 0 unspecified atom stereocenters. The van der Waals surface area contributed by atoms with Crippen LogP contribution in [0.5, 0.6) is 0 Å². The van der Waals surface area contributed by atoms with Crippen LogP contribution in [0.4, 0.5) is 5.69 Å². The van der Waals surface area contributed by atoms with Crippen LogP contribution in [0.2, 0.25) is 0 Å². The van der Waals surface area contributed by atoms with Gasteiger partial charge in [0.05, 0.1) is 0 Å². The first-order valence-electron chi connectivity index (χ1n) is 13.1. The Morgan fingerprint density at radius 2 is 1.69 bits per heavy atom. The molecule has 0 saturated carbocycles.